The minimum atomic E-state index is 0.806. The van der Waals surface area contributed by atoms with Gasteiger partial charge in [-0.3, -0.25) is 0 Å². The SMILES string of the molecule is CCCNCc1ccc(N2CCOCC2)nc1C. The molecule has 0 spiro atoms. The fourth-order valence-electron chi connectivity index (χ4n) is 2.13. The highest BCUT2D eigenvalue weighted by molar-refractivity contribution is 5.42. The van der Waals surface area contributed by atoms with E-state index in [0.717, 1.165) is 50.9 Å². The predicted molar refractivity (Wildman–Crippen MR) is 74.0 cm³/mol. The third-order valence-electron chi connectivity index (χ3n) is 3.26. The third kappa shape index (κ3) is 3.43. The number of nitrogens with zero attached hydrogens (tertiary/aromatic N) is 2. The molecule has 2 heterocycles. The fourth-order valence-corrected chi connectivity index (χ4v) is 2.13. The van der Waals surface area contributed by atoms with Crippen LogP contribution in [0, 0.1) is 6.92 Å². The molecule has 1 aliphatic heterocycles. The fraction of sp³-hybridized carbons (Fsp3) is 0.643. The molecule has 0 aliphatic carbocycles. The highest BCUT2D eigenvalue weighted by Gasteiger charge is 2.13. The number of hydrogen-bond donors (Lipinski definition) is 1. The van der Waals surface area contributed by atoms with Crippen LogP contribution >= 0.6 is 0 Å². The summed E-state index contributed by atoms with van der Waals surface area (Å²) >= 11 is 0. The molecule has 1 aromatic rings. The van der Waals surface area contributed by atoms with Gasteiger partial charge in [0.15, 0.2) is 0 Å². The van der Waals surface area contributed by atoms with Gasteiger partial charge in [-0.2, -0.15) is 0 Å². The van der Waals surface area contributed by atoms with Gasteiger partial charge in [-0.25, -0.2) is 4.98 Å². The predicted octanol–water partition coefficient (Wildman–Crippen LogP) is 1.73. The molecular formula is C14H23N3O. The molecule has 4 heteroatoms. The summed E-state index contributed by atoms with van der Waals surface area (Å²) in [6, 6.07) is 4.32. The molecule has 0 unspecified atom stereocenters. The number of aryl methyl sites for hydroxylation is 1. The molecule has 1 aliphatic rings. The molecule has 100 valence electrons. The number of anilines is 1. The second-order valence-corrected chi connectivity index (χ2v) is 4.69. The third-order valence-corrected chi connectivity index (χ3v) is 3.26. The molecule has 0 atom stereocenters. The van der Waals surface area contributed by atoms with E-state index in [1.165, 1.54) is 12.0 Å². The highest BCUT2D eigenvalue weighted by Crippen LogP contribution is 2.16. The molecule has 1 fully saturated rings. The van der Waals surface area contributed by atoms with Crippen molar-refractivity contribution in [1.29, 1.82) is 0 Å². The number of nitrogens with one attached hydrogen (secondary N) is 1. The lowest BCUT2D eigenvalue weighted by Crippen LogP contribution is -2.36. The number of ether oxygens (including phenoxy) is 1. The molecule has 18 heavy (non-hydrogen) atoms. The highest BCUT2D eigenvalue weighted by atomic mass is 16.5. The maximum absolute atomic E-state index is 5.36. The Bertz CT molecular complexity index is 375. The first-order valence-electron chi connectivity index (χ1n) is 6.81. The van der Waals surface area contributed by atoms with Crippen molar-refractivity contribution in [3.05, 3.63) is 23.4 Å². The Hall–Kier alpha value is -1.13. The van der Waals surface area contributed by atoms with Crippen LogP contribution in [0.2, 0.25) is 0 Å². The van der Waals surface area contributed by atoms with Crippen molar-refractivity contribution in [1.82, 2.24) is 10.3 Å². The van der Waals surface area contributed by atoms with Crippen LogP contribution in [0.5, 0.6) is 0 Å². The van der Waals surface area contributed by atoms with Crippen molar-refractivity contribution < 1.29 is 4.74 Å². The topological polar surface area (TPSA) is 37.4 Å². The summed E-state index contributed by atoms with van der Waals surface area (Å²) in [6.45, 7) is 9.74. The van der Waals surface area contributed by atoms with Gasteiger partial charge in [-0.15, -0.1) is 0 Å². The Morgan fingerprint density at radius 2 is 2.11 bits per heavy atom. The lowest BCUT2D eigenvalue weighted by molar-refractivity contribution is 0.122. The second kappa shape index (κ2) is 6.71. The van der Waals surface area contributed by atoms with Crippen LogP contribution in [0.1, 0.15) is 24.6 Å². The zero-order valence-electron chi connectivity index (χ0n) is 11.4. The summed E-state index contributed by atoms with van der Waals surface area (Å²) in [5.41, 5.74) is 2.42. The van der Waals surface area contributed by atoms with Gasteiger partial charge in [0.05, 0.1) is 13.2 Å². The number of pyridine rings is 1. The molecule has 2 rings (SSSR count). The Kier molecular flexibility index (Phi) is 4.96. The average Bonchev–Trinajstić information content (AvgIpc) is 2.42. The number of rotatable bonds is 5. The molecule has 0 aromatic carbocycles. The van der Waals surface area contributed by atoms with E-state index >= 15 is 0 Å². The molecule has 0 bridgehead atoms. The summed E-state index contributed by atoms with van der Waals surface area (Å²) in [5, 5.41) is 3.42. The van der Waals surface area contributed by atoms with Gasteiger partial charge in [-0.1, -0.05) is 13.0 Å². The largest absolute Gasteiger partial charge is 0.378 e. The van der Waals surface area contributed by atoms with E-state index in [0.29, 0.717) is 0 Å². The van der Waals surface area contributed by atoms with E-state index in [1.54, 1.807) is 0 Å². The van der Waals surface area contributed by atoms with E-state index < -0.39 is 0 Å². The standard InChI is InChI=1S/C14H23N3O/c1-3-6-15-11-13-4-5-14(16-12(13)2)17-7-9-18-10-8-17/h4-5,15H,3,6-11H2,1-2H3. The summed E-state index contributed by atoms with van der Waals surface area (Å²) < 4.78 is 5.36. The monoisotopic (exact) mass is 249 g/mol. The van der Waals surface area contributed by atoms with E-state index in [1.807, 2.05) is 0 Å². The molecule has 1 saturated heterocycles. The Morgan fingerprint density at radius 3 is 2.78 bits per heavy atom. The van der Waals surface area contributed by atoms with Crippen LogP contribution in [0.3, 0.4) is 0 Å². The van der Waals surface area contributed by atoms with Crippen LogP contribution in [0.4, 0.5) is 5.82 Å². The number of hydrogen-bond acceptors (Lipinski definition) is 4. The molecule has 0 amide bonds. The van der Waals surface area contributed by atoms with Gasteiger partial charge in [-0.05, 0) is 31.5 Å². The maximum Gasteiger partial charge on any atom is 0.128 e. The van der Waals surface area contributed by atoms with Crippen molar-refractivity contribution in [2.45, 2.75) is 26.8 Å². The number of aromatic nitrogens is 1. The van der Waals surface area contributed by atoms with Crippen LogP contribution in [0.15, 0.2) is 12.1 Å². The van der Waals surface area contributed by atoms with Gasteiger partial charge in [0.25, 0.3) is 0 Å². The van der Waals surface area contributed by atoms with Gasteiger partial charge in [0, 0.05) is 25.3 Å². The summed E-state index contributed by atoms with van der Waals surface area (Å²) in [6.07, 6.45) is 1.17. The quantitative estimate of drug-likeness (QED) is 0.806. The van der Waals surface area contributed by atoms with Crippen LogP contribution in [-0.2, 0) is 11.3 Å². The summed E-state index contributed by atoms with van der Waals surface area (Å²) in [4.78, 5) is 7.00. The van der Waals surface area contributed by atoms with Crippen molar-refractivity contribution in [2.24, 2.45) is 0 Å². The Labute approximate surface area is 109 Å². The molecular weight excluding hydrogens is 226 g/mol. The van der Waals surface area contributed by atoms with E-state index in [4.69, 9.17) is 9.72 Å². The molecule has 1 N–H and O–H groups in total. The van der Waals surface area contributed by atoms with E-state index in [2.05, 4.69) is 36.2 Å². The number of morpholine rings is 1. The van der Waals surface area contributed by atoms with Crippen molar-refractivity contribution in [3.63, 3.8) is 0 Å². The van der Waals surface area contributed by atoms with Gasteiger partial charge in [0.1, 0.15) is 5.82 Å². The zero-order chi connectivity index (χ0) is 12.8. The van der Waals surface area contributed by atoms with Gasteiger partial charge >= 0.3 is 0 Å². The minimum absolute atomic E-state index is 0.806. The van der Waals surface area contributed by atoms with E-state index in [9.17, 15) is 0 Å². The van der Waals surface area contributed by atoms with Crippen LogP contribution in [0.25, 0.3) is 0 Å². The lowest BCUT2D eigenvalue weighted by Gasteiger charge is -2.28. The van der Waals surface area contributed by atoms with E-state index in [-0.39, 0.29) is 0 Å². The lowest BCUT2D eigenvalue weighted by atomic mass is 10.2. The first kappa shape index (κ1) is 13.3. The maximum atomic E-state index is 5.36. The Morgan fingerprint density at radius 1 is 1.33 bits per heavy atom. The summed E-state index contributed by atoms with van der Waals surface area (Å²) in [7, 11) is 0. The van der Waals surface area contributed by atoms with Gasteiger partial charge < -0.3 is 15.0 Å². The van der Waals surface area contributed by atoms with Crippen molar-refractivity contribution >= 4 is 5.82 Å². The first-order valence-corrected chi connectivity index (χ1v) is 6.81. The van der Waals surface area contributed by atoms with Crippen LogP contribution < -0.4 is 10.2 Å². The molecule has 4 nitrogen and oxygen atoms in total. The molecule has 0 radical (unpaired) electrons. The average molecular weight is 249 g/mol. The Balaban J connectivity index is 1.99. The minimum Gasteiger partial charge on any atom is -0.378 e. The van der Waals surface area contributed by atoms with Crippen LogP contribution in [-0.4, -0.2) is 37.8 Å². The molecule has 1 aromatic heterocycles. The summed E-state index contributed by atoms with van der Waals surface area (Å²) in [5.74, 6) is 1.08. The van der Waals surface area contributed by atoms with Crippen molar-refractivity contribution in [3.8, 4) is 0 Å². The normalized spacial score (nSPS) is 16.0. The van der Waals surface area contributed by atoms with Gasteiger partial charge in [0.2, 0.25) is 0 Å². The smallest absolute Gasteiger partial charge is 0.128 e. The van der Waals surface area contributed by atoms with Crippen molar-refractivity contribution in [2.75, 3.05) is 37.7 Å². The zero-order valence-corrected chi connectivity index (χ0v) is 11.4. The first-order chi connectivity index (χ1) is 8.81. The second-order valence-electron chi connectivity index (χ2n) is 4.69. The molecule has 0 saturated carbocycles.